The number of benzene rings is 3. The Morgan fingerprint density at radius 3 is 2.66 bits per heavy atom. The Bertz CT molecular complexity index is 1500. The van der Waals surface area contributed by atoms with Gasteiger partial charge in [0.05, 0.1) is 16.8 Å². The van der Waals surface area contributed by atoms with Gasteiger partial charge >= 0.3 is 0 Å². The average Bonchev–Trinajstić information content (AvgIpc) is 3.21. The topological polar surface area (TPSA) is 55.1 Å². The molecule has 0 fully saturated rings. The van der Waals surface area contributed by atoms with E-state index in [1.807, 2.05) is 51.4 Å². The van der Waals surface area contributed by atoms with Crippen LogP contribution in [0.4, 0.5) is 5.69 Å². The number of nitrogens with zero attached hydrogens (tertiary/aromatic N) is 4. The molecule has 0 N–H and O–H groups in total. The molecule has 0 radical (unpaired) electrons. The molecule has 5 nitrogen and oxygen atoms in total. The molecule has 0 aliphatic heterocycles. The van der Waals surface area contributed by atoms with Crippen LogP contribution in [-0.4, -0.2) is 29.4 Å². The van der Waals surface area contributed by atoms with E-state index in [0.717, 1.165) is 38.8 Å². The first-order valence-electron chi connectivity index (χ1n) is 10.5. The maximum Gasteiger partial charge on any atom is 0.183 e. The third kappa shape index (κ3) is 3.79. The van der Waals surface area contributed by atoms with Gasteiger partial charge in [0.15, 0.2) is 5.58 Å². The fourth-order valence-electron chi connectivity index (χ4n) is 3.75. The van der Waals surface area contributed by atoms with Crippen molar-refractivity contribution in [2.24, 2.45) is 0 Å². The molecule has 0 saturated heterocycles. The lowest BCUT2D eigenvalue weighted by atomic mass is 10.0. The molecule has 32 heavy (non-hydrogen) atoms. The Balaban J connectivity index is 1.51. The molecule has 0 saturated carbocycles. The van der Waals surface area contributed by atoms with E-state index in [-0.39, 0.29) is 0 Å². The third-order valence-electron chi connectivity index (χ3n) is 5.53. The molecule has 0 aliphatic rings. The second-order valence-electron chi connectivity index (χ2n) is 8.04. The molecule has 0 unspecified atom stereocenters. The SMILES string of the molecule is Cc1ccc2c(Cc3cccc(N(C)C)c3)noc2c1C#Cc1cc2ccccc2nn1. The number of fused-ring (bicyclic) bond motifs is 2. The minimum Gasteiger partial charge on any atom is -0.378 e. The summed E-state index contributed by atoms with van der Waals surface area (Å²) in [6.45, 7) is 2.03. The normalized spacial score (nSPS) is 10.8. The highest BCUT2D eigenvalue weighted by Gasteiger charge is 2.14. The summed E-state index contributed by atoms with van der Waals surface area (Å²) in [5.41, 5.74) is 7.32. The molecular formula is C27H22N4O. The average molecular weight is 419 g/mol. The van der Waals surface area contributed by atoms with E-state index in [0.29, 0.717) is 17.7 Å². The zero-order chi connectivity index (χ0) is 22.1. The highest BCUT2D eigenvalue weighted by Crippen LogP contribution is 2.27. The van der Waals surface area contributed by atoms with E-state index < -0.39 is 0 Å². The van der Waals surface area contributed by atoms with E-state index in [9.17, 15) is 0 Å². The zero-order valence-corrected chi connectivity index (χ0v) is 18.3. The molecule has 2 aromatic heterocycles. The van der Waals surface area contributed by atoms with Crippen LogP contribution in [0.2, 0.25) is 0 Å². The largest absolute Gasteiger partial charge is 0.378 e. The molecule has 5 rings (SSSR count). The molecule has 0 bridgehead atoms. The van der Waals surface area contributed by atoms with Crippen LogP contribution in [0.15, 0.2) is 71.3 Å². The first kappa shape index (κ1) is 19.8. The predicted octanol–water partition coefficient (Wildman–Crippen LogP) is 5.14. The quantitative estimate of drug-likeness (QED) is 0.380. The van der Waals surface area contributed by atoms with Crippen LogP contribution in [0.25, 0.3) is 21.9 Å². The van der Waals surface area contributed by atoms with Crippen molar-refractivity contribution in [2.75, 3.05) is 19.0 Å². The minimum atomic E-state index is 0.625. The van der Waals surface area contributed by atoms with Crippen molar-refractivity contribution < 1.29 is 4.52 Å². The van der Waals surface area contributed by atoms with Crippen LogP contribution >= 0.6 is 0 Å². The summed E-state index contributed by atoms with van der Waals surface area (Å²) in [7, 11) is 4.08. The molecule has 0 amide bonds. The number of anilines is 1. The van der Waals surface area contributed by atoms with Gasteiger partial charge in [-0.15, -0.1) is 10.2 Å². The van der Waals surface area contributed by atoms with Gasteiger partial charge in [-0.25, -0.2) is 0 Å². The van der Waals surface area contributed by atoms with Crippen LogP contribution in [0.1, 0.15) is 28.1 Å². The highest BCUT2D eigenvalue weighted by molar-refractivity contribution is 5.86. The van der Waals surface area contributed by atoms with Crippen molar-refractivity contribution in [3.05, 3.63) is 94.8 Å². The summed E-state index contributed by atoms with van der Waals surface area (Å²) in [4.78, 5) is 2.09. The maximum atomic E-state index is 5.77. The summed E-state index contributed by atoms with van der Waals surface area (Å²) in [6.07, 6.45) is 0.695. The van der Waals surface area contributed by atoms with Crippen LogP contribution in [0.3, 0.4) is 0 Å². The van der Waals surface area contributed by atoms with Crippen LogP contribution in [-0.2, 0) is 6.42 Å². The molecule has 2 heterocycles. The number of aromatic nitrogens is 3. The highest BCUT2D eigenvalue weighted by atomic mass is 16.5. The summed E-state index contributed by atoms with van der Waals surface area (Å²) < 4.78 is 5.77. The van der Waals surface area contributed by atoms with Crippen molar-refractivity contribution in [1.29, 1.82) is 0 Å². The Morgan fingerprint density at radius 2 is 1.78 bits per heavy atom. The van der Waals surface area contributed by atoms with E-state index in [1.54, 1.807) is 0 Å². The van der Waals surface area contributed by atoms with Crippen molar-refractivity contribution in [3.8, 4) is 11.8 Å². The maximum absolute atomic E-state index is 5.77. The molecule has 0 atom stereocenters. The Labute approximate surface area is 186 Å². The fourth-order valence-corrected chi connectivity index (χ4v) is 3.75. The zero-order valence-electron chi connectivity index (χ0n) is 18.3. The van der Waals surface area contributed by atoms with Gasteiger partial charge in [0.2, 0.25) is 0 Å². The van der Waals surface area contributed by atoms with Gasteiger partial charge in [-0.2, -0.15) is 0 Å². The van der Waals surface area contributed by atoms with E-state index in [1.165, 1.54) is 5.56 Å². The summed E-state index contributed by atoms with van der Waals surface area (Å²) in [5, 5.41) is 14.9. The molecule has 156 valence electrons. The summed E-state index contributed by atoms with van der Waals surface area (Å²) in [5.74, 6) is 6.39. The van der Waals surface area contributed by atoms with Gasteiger partial charge in [-0.05, 0) is 54.3 Å². The van der Waals surface area contributed by atoms with Gasteiger partial charge < -0.3 is 9.42 Å². The molecule has 0 aliphatic carbocycles. The molecule has 5 aromatic rings. The Kier molecular flexibility index (Phi) is 5.04. The van der Waals surface area contributed by atoms with E-state index in [2.05, 4.69) is 68.5 Å². The van der Waals surface area contributed by atoms with E-state index in [4.69, 9.17) is 4.52 Å². The smallest absolute Gasteiger partial charge is 0.183 e. The number of hydrogen-bond donors (Lipinski definition) is 0. The van der Waals surface area contributed by atoms with Gasteiger partial charge in [0.25, 0.3) is 0 Å². The fraction of sp³-hybridized carbons (Fsp3) is 0.148. The van der Waals surface area contributed by atoms with Crippen molar-refractivity contribution in [1.82, 2.24) is 15.4 Å². The first-order valence-corrected chi connectivity index (χ1v) is 10.5. The first-order chi connectivity index (χ1) is 15.6. The standard InChI is InChI=1S/C27H22N4O/c1-18-11-13-24-26(16-19-7-6-9-22(15-19)31(2)3)30-32-27(24)23(18)14-12-21-17-20-8-4-5-10-25(20)29-28-21/h4-11,13,15,17H,16H2,1-3H3. The predicted molar refractivity (Wildman–Crippen MR) is 128 cm³/mol. The monoisotopic (exact) mass is 418 g/mol. The van der Waals surface area contributed by atoms with Crippen molar-refractivity contribution in [3.63, 3.8) is 0 Å². The van der Waals surface area contributed by atoms with Gasteiger partial charge in [0, 0.05) is 37.0 Å². The van der Waals surface area contributed by atoms with Crippen LogP contribution < -0.4 is 4.90 Å². The molecule has 3 aromatic carbocycles. The summed E-state index contributed by atoms with van der Waals surface area (Å²) >= 11 is 0. The van der Waals surface area contributed by atoms with Gasteiger partial charge in [-0.3, -0.25) is 0 Å². The lowest BCUT2D eigenvalue weighted by Crippen LogP contribution is -2.08. The number of aryl methyl sites for hydroxylation is 1. The van der Waals surface area contributed by atoms with Gasteiger partial charge in [-0.1, -0.05) is 47.5 Å². The van der Waals surface area contributed by atoms with Crippen molar-refractivity contribution >= 4 is 27.6 Å². The lowest BCUT2D eigenvalue weighted by molar-refractivity contribution is 0.447. The van der Waals surface area contributed by atoms with Crippen LogP contribution in [0, 0.1) is 18.8 Å². The second-order valence-corrected chi connectivity index (χ2v) is 8.04. The van der Waals surface area contributed by atoms with E-state index >= 15 is 0 Å². The van der Waals surface area contributed by atoms with Crippen LogP contribution in [0.5, 0.6) is 0 Å². The molecule has 0 spiro atoms. The number of hydrogen-bond acceptors (Lipinski definition) is 5. The summed E-state index contributed by atoms with van der Waals surface area (Å²) in [6, 6.07) is 22.4. The third-order valence-corrected chi connectivity index (χ3v) is 5.53. The lowest BCUT2D eigenvalue weighted by Gasteiger charge is -2.13. The Hall–Kier alpha value is -4.17. The molecular weight excluding hydrogens is 396 g/mol. The van der Waals surface area contributed by atoms with Gasteiger partial charge in [0.1, 0.15) is 5.69 Å². The second kappa shape index (κ2) is 8.16. The number of rotatable bonds is 3. The minimum absolute atomic E-state index is 0.625. The van der Waals surface area contributed by atoms with Crippen molar-refractivity contribution in [2.45, 2.75) is 13.3 Å². The Morgan fingerprint density at radius 1 is 0.906 bits per heavy atom. The molecule has 5 heteroatoms.